The summed E-state index contributed by atoms with van der Waals surface area (Å²) in [7, 11) is 0. The van der Waals surface area contributed by atoms with Crippen LogP contribution < -0.4 is 15.0 Å². The molecular formula is C37H32F2N6O2. The largest absolute Gasteiger partial charge is 0.508 e. The Kier molecular flexibility index (Phi) is 6.39. The number of hydrogen-bond donors (Lipinski definition) is 2. The van der Waals surface area contributed by atoms with Gasteiger partial charge in [-0.3, -0.25) is 9.88 Å². The number of pyridine rings is 1. The summed E-state index contributed by atoms with van der Waals surface area (Å²) >= 11 is 0. The molecule has 3 aromatic carbocycles. The zero-order valence-electron chi connectivity index (χ0n) is 25.6. The first-order chi connectivity index (χ1) is 22.9. The molecule has 8 nitrogen and oxygen atoms in total. The third-order valence-electron chi connectivity index (χ3n) is 10.5. The lowest BCUT2D eigenvalue weighted by molar-refractivity contribution is 0.0825. The van der Waals surface area contributed by atoms with Gasteiger partial charge in [0.15, 0.2) is 5.82 Å². The summed E-state index contributed by atoms with van der Waals surface area (Å²) in [5, 5.41) is 16.0. The number of aromatic nitrogens is 3. The summed E-state index contributed by atoms with van der Waals surface area (Å²) in [4.78, 5) is 18.7. The minimum Gasteiger partial charge on any atom is -0.508 e. The Morgan fingerprint density at radius 3 is 2.77 bits per heavy atom. The van der Waals surface area contributed by atoms with E-state index in [1.165, 1.54) is 12.1 Å². The van der Waals surface area contributed by atoms with Crippen LogP contribution in [-0.2, 0) is 12.1 Å². The van der Waals surface area contributed by atoms with Crippen molar-refractivity contribution in [3.63, 3.8) is 0 Å². The van der Waals surface area contributed by atoms with Crippen LogP contribution in [0.25, 0.3) is 32.9 Å². The van der Waals surface area contributed by atoms with Crippen LogP contribution in [-0.4, -0.2) is 63.3 Å². The van der Waals surface area contributed by atoms with Gasteiger partial charge < -0.3 is 20.1 Å². The Morgan fingerprint density at radius 1 is 1.09 bits per heavy atom. The van der Waals surface area contributed by atoms with E-state index in [1.54, 1.807) is 30.5 Å². The number of anilines is 1. The molecule has 47 heavy (non-hydrogen) atoms. The van der Waals surface area contributed by atoms with Crippen molar-refractivity contribution in [1.82, 2.24) is 25.2 Å². The van der Waals surface area contributed by atoms with Gasteiger partial charge in [0.05, 0.1) is 10.9 Å². The van der Waals surface area contributed by atoms with Gasteiger partial charge in [-0.1, -0.05) is 24.1 Å². The third kappa shape index (κ3) is 4.44. The van der Waals surface area contributed by atoms with Gasteiger partial charge in [-0.05, 0) is 79.1 Å². The van der Waals surface area contributed by atoms with E-state index in [0.29, 0.717) is 45.2 Å². The van der Waals surface area contributed by atoms with Crippen LogP contribution >= 0.6 is 0 Å². The average Bonchev–Trinajstić information content (AvgIpc) is 3.73. The molecular weight excluding hydrogens is 598 g/mol. The Labute approximate surface area is 270 Å². The van der Waals surface area contributed by atoms with E-state index >= 15 is 4.39 Å². The molecule has 3 fully saturated rings. The van der Waals surface area contributed by atoms with Crippen molar-refractivity contribution in [3.05, 3.63) is 83.1 Å². The SMILES string of the molecule is C#Cc1cccc2cc(O)cc(-c3ncc4c(N5CC6CCC(C5)N6)nc(OCC56CCCN5Cc5ccc(F)cc56)nc4c3F)c12. The molecule has 5 aromatic rings. The number of benzene rings is 3. The van der Waals surface area contributed by atoms with E-state index in [0.717, 1.165) is 63.0 Å². The predicted molar refractivity (Wildman–Crippen MR) is 175 cm³/mol. The number of nitrogens with zero attached hydrogens (tertiary/aromatic N) is 5. The maximum Gasteiger partial charge on any atom is 0.319 e. The summed E-state index contributed by atoms with van der Waals surface area (Å²) in [6.07, 6.45) is 11.4. The summed E-state index contributed by atoms with van der Waals surface area (Å²) in [6.45, 7) is 3.27. The molecule has 3 saturated heterocycles. The Morgan fingerprint density at radius 2 is 1.94 bits per heavy atom. The lowest BCUT2D eigenvalue weighted by atomic mass is 9.88. The number of ether oxygens (including phenoxy) is 1. The van der Waals surface area contributed by atoms with Gasteiger partial charge in [0.25, 0.3) is 0 Å². The van der Waals surface area contributed by atoms with Crippen LogP contribution in [0.1, 0.15) is 42.4 Å². The smallest absolute Gasteiger partial charge is 0.319 e. The molecule has 4 aliphatic heterocycles. The van der Waals surface area contributed by atoms with Crippen LogP contribution in [0.3, 0.4) is 0 Å². The van der Waals surface area contributed by atoms with E-state index in [-0.39, 0.29) is 35.4 Å². The van der Waals surface area contributed by atoms with Gasteiger partial charge >= 0.3 is 6.01 Å². The lowest BCUT2D eigenvalue weighted by Gasteiger charge is -2.35. The quantitative estimate of drug-likeness (QED) is 0.242. The first-order valence-corrected chi connectivity index (χ1v) is 16.2. The first-order valence-electron chi connectivity index (χ1n) is 16.2. The zero-order chi connectivity index (χ0) is 31.9. The van der Waals surface area contributed by atoms with E-state index in [2.05, 4.69) is 31.0 Å². The molecule has 0 radical (unpaired) electrons. The first kappa shape index (κ1) is 28.4. The number of phenols is 1. The molecule has 10 heteroatoms. The number of nitrogens with one attached hydrogen (secondary N) is 1. The second-order valence-electron chi connectivity index (χ2n) is 13.2. The van der Waals surface area contributed by atoms with Crippen LogP contribution in [0.5, 0.6) is 11.8 Å². The molecule has 6 heterocycles. The standard InChI is InChI=1S/C37H32F2N6O2/c1-2-21-5-3-6-22-13-27(46)15-28(31(21)22)33-32(39)34-29(16-40-33)35(44-18-25-9-10-26(19-44)41-25)43-36(42-34)47-20-37-11-4-12-45(37)17-23-7-8-24(38)14-30(23)37/h1,3,5-8,13-16,25-26,41,46H,4,9-12,17-20H2. The van der Waals surface area contributed by atoms with Crippen molar-refractivity contribution in [1.29, 1.82) is 0 Å². The van der Waals surface area contributed by atoms with Gasteiger partial charge in [-0.2, -0.15) is 9.97 Å². The minimum atomic E-state index is -0.651. The molecule has 2 bridgehead atoms. The monoisotopic (exact) mass is 630 g/mol. The molecule has 2 aromatic heterocycles. The molecule has 0 aliphatic carbocycles. The highest BCUT2D eigenvalue weighted by Crippen LogP contribution is 2.47. The number of halogens is 2. The van der Waals surface area contributed by atoms with Gasteiger partial charge in [0.2, 0.25) is 0 Å². The van der Waals surface area contributed by atoms with Crippen LogP contribution in [0.15, 0.2) is 54.7 Å². The van der Waals surface area contributed by atoms with E-state index < -0.39 is 11.4 Å². The molecule has 3 atom stereocenters. The average molecular weight is 631 g/mol. The van der Waals surface area contributed by atoms with E-state index in [9.17, 15) is 9.50 Å². The number of aromatic hydroxyl groups is 1. The summed E-state index contributed by atoms with van der Waals surface area (Å²) in [6, 6.07) is 14.2. The van der Waals surface area contributed by atoms with Crippen LogP contribution in [0, 0.1) is 24.0 Å². The topological polar surface area (TPSA) is 86.6 Å². The second-order valence-corrected chi connectivity index (χ2v) is 13.2. The molecule has 4 aliphatic rings. The predicted octanol–water partition coefficient (Wildman–Crippen LogP) is 5.63. The van der Waals surface area contributed by atoms with Gasteiger partial charge in [-0.15, -0.1) is 6.42 Å². The van der Waals surface area contributed by atoms with Gasteiger partial charge in [-0.25, -0.2) is 8.78 Å². The summed E-state index contributed by atoms with van der Waals surface area (Å²) in [5.74, 6) is 2.31. The summed E-state index contributed by atoms with van der Waals surface area (Å²) < 4.78 is 37.8. The number of piperazine rings is 1. The fourth-order valence-electron chi connectivity index (χ4n) is 8.42. The second kappa shape index (κ2) is 10.6. The third-order valence-corrected chi connectivity index (χ3v) is 10.5. The van der Waals surface area contributed by atoms with Crippen molar-refractivity contribution in [2.45, 2.75) is 49.9 Å². The maximum atomic E-state index is 16.9. The molecule has 0 amide bonds. The van der Waals surface area contributed by atoms with Gasteiger partial charge in [0, 0.05) is 54.4 Å². The lowest BCUT2D eigenvalue weighted by Crippen LogP contribution is -2.51. The van der Waals surface area contributed by atoms with Crippen molar-refractivity contribution in [2.75, 3.05) is 31.1 Å². The zero-order valence-corrected chi connectivity index (χ0v) is 25.6. The fourth-order valence-corrected chi connectivity index (χ4v) is 8.42. The highest BCUT2D eigenvalue weighted by atomic mass is 19.1. The normalized spacial score (nSPS) is 23.3. The highest BCUT2D eigenvalue weighted by molar-refractivity contribution is 6.02. The molecule has 236 valence electrons. The van der Waals surface area contributed by atoms with Crippen LogP contribution in [0.2, 0.25) is 0 Å². The molecule has 0 saturated carbocycles. The number of rotatable bonds is 5. The van der Waals surface area contributed by atoms with Crippen LogP contribution in [0.4, 0.5) is 14.6 Å². The van der Waals surface area contributed by atoms with Crippen molar-refractivity contribution in [2.24, 2.45) is 0 Å². The van der Waals surface area contributed by atoms with E-state index in [1.807, 2.05) is 12.1 Å². The van der Waals surface area contributed by atoms with Crippen molar-refractivity contribution < 1.29 is 18.6 Å². The Bertz CT molecular complexity index is 2140. The molecule has 2 N–H and O–H groups in total. The fraction of sp³-hybridized carbons (Fsp3) is 0.324. The van der Waals surface area contributed by atoms with E-state index in [4.69, 9.17) is 16.1 Å². The molecule has 9 rings (SSSR count). The minimum absolute atomic E-state index is 0.0258. The maximum absolute atomic E-state index is 16.9. The van der Waals surface area contributed by atoms with Crippen molar-refractivity contribution in [3.8, 4) is 35.4 Å². The number of hydrogen-bond acceptors (Lipinski definition) is 8. The molecule has 0 spiro atoms. The van der Waals surface area contributed by atoms with Gasteiger partial charge in [0.1, 0.15) is 35.2 Å². The summed E-state index contributed by atoms with van der Waals surface area (Å²) in [5.41, 5.74) is 2.58. The number of phenolic OH excluding ortho intramolecular Hbond substituents is 1. The molecule has 3 unspecified atom stereocenters. The van der Waals surface area contributed by atoms with Crippen molar-refractivity contribution >= 4 is 27.5 Å². The highest BCUT2D eigenvalue weighted by Gasteiger charge is 2.49. The Balaban J connectivity index is 1.19. The Hall–Kier alpha value is -4.85. The number of terminal acetylenes is 1. The number of fused-ring (bicyclic) bond motifs is 7.